The summed E-state index contributed by atoms with van der Waals surface area (Å²) in [6.45, 7) is 0. The van der Waals surface area contributed by atoms with Gasteiger partial charge in [-0.3, -0.25) is 4.79 Å². The highest BCUT2D eigenvalue weighted by atomic mass is 16.5. The van der Waals surface area contributed by atoms with Crippen molar-refractivity contribution < 1.29 is 15.3 Å². The van der Waals surface area contributed by atoms with Gasteiger partial charge in [0, 0.05) is 0 Å². The van der Waals surface area contributed by atoms with Crippen LogP contribution in [0.15, 0.2) is 54.6 Å². The minimum Gasteiger partial charge on any atom is -0.478 e. The Hall–Kier alpha value is -2.13. The molecule has 3 nitrogen and oxygen atoms in total. The zero-order valence-corrected chi connectivity index (χ0v) is 9.87. The van der Waals surface area contributed by atoms with Crippen LogP contribution >= 0.6 is 0 Å². The Bertz CT molecular complexity index is 580. The van der Waals surface area contributed by atoms with E-state index in [-0.39, 0.29) is 11.9 Å². The maximum atomic E-state index is 12.3. The molecule has 3 rings (SSSR count). The van der Waals surface area contributed by atoms with Gasteiger partial charge in [-0.1, -0.05) is 42.5 Å². The van der Waals surface area contributed by atoms with Crippen LogP contribution in [0.3, 0.4) is 0 Å². The lowest BCUT2D eigenvalue weighted by atomic mass is 9.92. The molecule has 0 amide bonds. The number of Topliss-reactive ketones (excluding diaryl/α,β-unsaturated/α-hetero) is 1. The highest BCUT2D eigenvalue weighted by molar-refractivity contribution is 6.02. The van der Waals surface area contributed by atoms with Gasteiger partial charge in [0.1, 0.15) is 5.75 Å². The first kappa shape index (κ1) is 11.0. The Morgan fingerprint density at radius 3 is 2.39 bits per heavy atom. The summed E-state index contributed by atoms with van der Waals surface area (Å²) in [5.74, 6) is 0.696. The standard InChI is InChI=1S/C15H13NO2/c16-13-14(17)11-8-4-5-9-12(11)18-15(13)10-6-2-1-3-7-10/h1-9,13,15H,16H2/p+1/t13-,15+/m0/s1. The SMILES string of the molecule is [NH3+][C@H]1C(=O)c2ccccc2O[C@@H]1c1ccccc1. The van der Waals surface area contributed by atoms with Gasteiger partial charge >= 0.3 is 0 Å². The van der Waals surface area contributed by atoms with Crippen molar-refractivity contribution in [2.45, 2.75) is 12.1 Å². The van der Waals surface area contributed by atoms with E-state index < -0.39 is 6.04 Å². The van der Waals surface area contributed by atoms with Crippen LogP contribution in [0.2, 0.25) is 0 Å². The maximum Gasteiger partial charge on any atom is 0.227 e. The molecule has 2 aromatic rings. The molecule has 3 heteroatoms. The molecular weight excluding hydrogens is 226 g/mol. The first-order chi connectivity index (χ1) is 8.77. The van der Waals surface area contributed by atoms with E-state index in [2.05, 4.69) is 5.73 Å². The van der Waals surface area contributed by atoms with Crippen molar-refractivity contribution in [2.75, 3.05) is 0 Å². The number of hydrogen-bond acceptors (Lipinski definition) is 2. The third-order valence-corrected chi connectivity index (χ3v) is 3.24. The summed E-state index contributed by atoms with van der Waals surface area (Å²) in [6.07, 6.45) is -0.298. The summed E-state index contributed by atoms with van der Waals surface area (Å²) in [4.78, 5) is 12.3. The quantitative estimate of drug-likeness (QED) is 0.823. The van der Waals surface area contributed by atoms with E-state index in [4.69, 9.17) is 4.74 Å². The van der Waals surface area contributed by atoms with Gasteiger partial charge in [0.25, 0.3) is 0 Å². The van der Waals surface area contributed by atoms with Crippen LogP contribution in [0.25, 0.3) is 0 Å². The lowest BCUT2D eigenvalue weighted by molar-refractivity contribution is -0.416. The first-order valence-electron chi connectivity index (χ1n) is 5.95. The number of rotatable bonds is 1. The molecule has 0 unspecified atom stereocenters. The molecule has 0 bridgehead atoms. The normalized spacial score (nSPS) is 22.2. The van der Waals surface area contributed by atoms with E-state index in [9.17, 15) is 4.79 Å². The lowest BCUT2D eigenvalue weighted by Gasteiger charge is -2.28. The van der Waals surface area contributed by atoms with Crippen LogP contribution in [-0.4, -0.2) is 11.8 Å². The Balaban J connectivity index is 2.04. The fourth-order valence-electron chi connectivity index (χ4n) is 2.27. The number of benzene rings is 2. The van der Waals surface area contributed by atoms with Gasteiger partial charge in [0.15, 0.2) is 12.1 Å². The molecule has 1 aliphatic heterocycles. The molecule has 2 atom stereocenters. The number of ketones is 1. The summed E-state index contributed by atoms with van der Waals surface area (Å²) in [6, 6.07) is 16.7. The van der Waals surface area contributed by atoms with Crippen molar-refractivity contribution in [3.05, 3.63) is 65.7 Å². The smallest absolute Gasteiger partial charge is 0.227 e. The van der Waals surface area contributed by atoms with E-state index in [0.29, 0.717) is 11.3 Å². The molecule has 0 saturated carbocycles. The second-order valence-electron chi connectivity index (χ2n) is 4.42. The molecule has 18 heavy (non-hydrogen) atoms. The molecule has 0 aromatic heterocycles. The van der Waals surface area contributed by atoms with E-state index >= 15 is 0 Å². The first-order valence-corrected chi connectivity index (χ1v) is 5.95. The molecule has 0 saturated heterocycles. The zero-order chi connectivity index (χ0) is 12.5. The molecule has 90 valence electrons. The Kier molecular flexibility index (Phi) is 2.61. The minimum absolute atomic E-state index is 0.0469. The topological polar surface area (TPSA) is 53.9 Å². The number of ether oxygens (including phenoxy) is 1. The number of para-hydroxylation sites is 1. The van der Waals surface area contributed by atoms with E-state index in [0.717, 1.165) is 5.56 Å². The van der Waals surface area contributed by atoms with Gasteiger partial charge < -0.3 is 10.5 Å². The van der Waals surface area contributed by atoms with Crippen LogP contribution in [0.1, 0.15) is 22.0 Å². The number of hydrogen-bond donors (Lipinski definition) is 1. The molecule has 2 aromatic carbocycles. The monoisotopic (exact) mass is 240 g/mol. The van der Waals surface area contributed by atoms with Crippen molar-refractivity contribution in [2.24, 2.45) is 0 Å². The number of fused-ring (bicyclic) bond motifs is 1. The van der Waals surface area contributed by atoms with Crippen LogP contribution in [0.4, 0.5) is 0 Å². The summed E-state index contributed by atoms with van der Waals surface area (Å²) in [7, 11) is 0. The molecule has 1 aliphatic rings. The van der Waals surface area contributed by atoms with Gasteiger partial charge in [-0.2, -0.15) is 0 Å². The predicted molar refractivity (Wildman–Crippen MR) is 67.3 cm³/mol. The summed E-state index contributed by atoms with van der Waals surface area (Å²) in [5.41, 5.74) is 5.58. The van der Waals surface area contributed by atoms with Crippen molar-refractivity contribution in [1.29, 1.82) is 0 Å². The van der Waals surface area contributed by atoms with Crippen LogP contribution in [0, 0.1) is 0 Å². The van der Waals surface area contributed by atoms with Gasteiger partial charge in [-0.15, -0.1) is 0 Å². The fraction of sp³-hybridized carbons (Fsp3) is 0.133. The van der Waals surface area contributed by atoms with Crippen LogP contribution < -0.4 is 10.5 Å². The average molecular weight is 240 g/mol. The van der Waals surface area contributed by atoms with Crippen molar-refractivity contribution in [3.63, 3.8) is 0 Å². The summed E-state index contributed by atoms with van der Waals surface area (Å²) >= 11 is 0. The van der Waals surface area contributed by atoms with Crippen LogP contribution in [0.5, 0.6) is 5.75 Å². The van der Waals surface area contributed by atoms with Gasteiger partial charge in [0.05, 0.1) is 5.56 Å². The second kappa shape index (κ2) is 4.27. The van der Waals surface area contributed by atoms with Crippen molar-refractivity contribution >= 4 is 5.78 Å². The van der Waals surface area contributed by atoms with Gasteiger partial charge in [0.2, 0.25) is 5.78 Å². The second-order valence-corrected chi connectivity index (χ2v) is 4.42. The Labute approximate surface area is 105 Å². The Morgan fingerprint density at radius 1 is 0.944 bits per heavy atom. The van der Waals surface area contributed by atoms with Gasteiger partial charge in [-0.05, 0) is 17.7 Å². The molecule has 0 fully saturated rings. The fourth-order valence-corrected chi connectivity index (χ4v) is 2.27. The number of quaternary nitrogens is 1. The summed E-state index contributed by atoms with van der Waals surface area (Å²) in [5, 5.41) is 0. The lowest BCUT2D eigenvalue weighted by Crippen LogP contribution is -2.69. The molecule has 1 heterocycles. The van der Waals surface area contributed by atoms with E-state index in [1.54, 1.807) is 6.07 Å². The molecular formula is C15H14NO2+. The molecule has 0 radical (unpaired) electrons. The van der Waals surface area contributed by atoms with Gasteiger partial charge in [-0.25, -0.2) is 0 Å². The highest BCUT2D eigenvalue weighted by Gasteiger charge is 2.38. The van der Waals surface area contributed by atoms with E-state index in [1.165, 1.54) is 0 Å². The number of carbonyl (C=O) groups excluding carboxylic acids is 1. The number of carbonyl (C=O) groups is 1. The third kappa shape index (κ3) is 1.69. The van der Waals surface area contributed by atoms with Crippen LogP contribution in [-0.2, 0) is 0 Å². The molecule has 0 aliphatic carbocycles. The minimum atomic E-state index is -0.401. The highest BCUT2D eigenvalue weighted by Crippen LogP contribution is 2.33. The largest absolute Gasteiger partial charge is 0.478 e. The predicted octanol–water partition coefficient (Wildman–Crippen LogP) is 1.61. The van der Waals surface area contributed by atoms with Crippen molar-refractivity contribution in [1.82, 2.24) is 0 Å². The molecule has 0 spiro atoms. The third-order valence-electron chi connectivity index (χ3n) is 3.24. The average Bonchev–Trinajstić information content (AvgIpc) is 2.44. The summed E-state index contributed by atoms with van der Waals surface area (Å²) < 4.78 is 5.92. The van der Waals surface area contributed by atoms with E-state index in [1.807, 2.05) is 48.5 Å². The van der Waals surface area contributed by atoms with Crippen molar-refractivity contribution in [3.8, 4) is 5.75 Å². The zero-order valence-electron chi connectivity index (χ0n) is 9.87. The maximum absolute atomic E-state index is 12.3. The Morgan fingerprint density at radius 2 is 1.61 bits per heavy atom. The molecule has 3 N–H and O–H groups in total.